The van der Waals surface area contributed by atoms with E-state index in [0.29, 0.717) is 0 Å². The van der Waals surface area contributed by atoms with Crippen molar-refractivity contribution in [1.29, 1.82) is 0 Å². The van der Waals surface area contributed by atoms with Crippen LogP contribution < -0.4 is 5.32 Å². The molecular weight excluding hydrogens is 332 g/mol. The Morgan fingerprint density at radius 1 is 1.29 bits per heavy atom. The van der Waals surface area contributed by atoms with Gasteiger partial charge >= 0.3 is 5.97 Å². The van der Waals surface area contributed by atoms with Crippen LogP contribution in [0.2, 0.25) is 0 Å². The van der Waals surface area contributed by atoms with E-state index in [1.165, 1.54) is 38.4 Å². The summed E-state index contributed by atoms with van der Waals surface area (Å²) >= 11 is 0. The molecule has 1 amide bonds. The molecule has 0 unspecified atom stereocenters. The van der Waals surface area contributed by atoms with Crippen LogP contribution >= 0.6 is 0 Å². The van der Waals surface area contributed by atoms with Crippen LogP contribution in [0.4, 0.5) is 0 Å². The van der Waals surface area contributed by atoms with Crippen molar-refractivity contribution in [2.24, 2.45) is 0 Å². The normalized spacial score (nSPS) is 12.7. The van der Waals surface area contributed by atoms with E-state index in [1.54, 1.807) is 0 Å². The molecule has 0 fully saturated rings. The van der Waals surface area contributed by atoms with E-state index in [1.807, 2.05) is 13.8 Å². The third kappa shape index (κ3) is 5.61. The average molecular weight is 356 g/mol. The number of carbonyl (C=O) groups excluding carboxylic acids is 2. The zero-order chi connectivity index (χ0) is 18.3. The maximum Gasteiger partial charge on any atom is 0.338 e. The molecule has 0 radical (unpaired) electrons. The number of hydrogen-bond acceptors (Lipinski definition) is 5. The van der Waals surface area contributed by atoms with Crippen LogP contribution in [0.5, 0.6) is 0 Å². The lowest BCUT2D eigenvalue weighted by Gasteiger charge is -2.13. The summed E-state index contributed by atoms with van der Waals surface area (Å²) < 4.78 is 30.1. The summed E-state index contributed by atoms with van der Waals surface area (Å²) in [6.45, 7) is 3.48. The summed E-state index contributed by atoms with van der Waals surface area (Å²) in [5, 5.41) is 2.72. The number of rotatable bonds is 8. The van der Waals surface area contributed by atoms with E-state index < -0.39 is 22.6 Å². The third-order valence-corrected chi connectivity index (χ3v) is 5.12. The van der Waals surface area contributed by atoms with E-state index in [2.05, 4.69) is 5.32 Å². The minimum Gasteiger partial charge on any atom is -0.452 e. The topological polar surface area (TPSA) is 92.8 Å². The van der Waals surface area contributed by atoms with Gasteiger partial charge in [0.25, 0.3) is 5.91 Å². The fourth-order valence-corrected chi connectivity index (χ4v) is 2.98. The largest absolute Gasteiger partial charge is 0.452 e. The van der Waals surface area contributed by atoms with Gasteiger partial charge < -0.3 is 10.1 Å². The van der Waals surface area contributed by atoms with E-state index in [4.69, 9.17) is 4.74 Å². The number of nitrogens with zero attached hydrogens (tertiary/aromatic N) is 1. The van der Waals surface area contributed by atoms with Crippen LogP contribution in [0, 0.1) is 0 Å². The lowest BCUT2D eigenvalue weighted by Crippen LogP contribution is -2.35. The predicted octanol–water partition coefficient (Wildman–Crippen LogP) is 1.40. The number of hydrogen-bond donors (Lipinski definition) is 1. The molecule has 0 aromatic heterocycles. The minimum atomic E-state index is -3.64. The first-order valence-corrected chi connectivity index (χ1v) is 9.11. The van der Waals surface area contributed by atoms with Gasteiger partial charge in [-0.3, -0.25) is 4.79 Å². The van der Waals surface area contributed by atoms with Gasteiger partial charge in [-0.05, 0) is 31.5 Å². The minimum absolute atomic E-state index is 0.00904. The molecule has 8 heteroatoms. The van der Waals surface area contributed by atoms with Crippen LogP contribution in [0.25, 0.3) is 0 Å². The molecule has 1 N–H and O–H groups in total. The molecule has 134 valence electrons. The molecule has 0 aliphatic carbocycles. The Bertz CT molecular complexity index is 685. The van der Waals surface area contributed by atoms with Gasteiger partial charge in [-0.2, -0.15) is 0 Å². The summed E-state index contributed by atoms with van der Waals surface area (Å²) in [4.78, 5) is 23.7. The van der Waals surface area contributed by atoms with E-state index >= 15 is 0 Å². The van der Waals surface area contributed by atoms with Crippen molar-refractivity contribution in [3.05, 3.63) is 29.8 Å². The molecule has 1 aromatic carbocycles. The van der Waals surface area contributed by atoms with Gasteiger partial charge in [-0.1, -0.05) is 19.4 Å². The van der Waals surface area contributed by atoms with Crippen molar-refractivity contribution in [3.63, 3.8) is 0 Å². The molecule has 0 aliphatic heterocycles. The highest BCUT2D eigenvalue weighted by atomic mass is 32.2. The van der Waals surface area contributed by atoms with Gasteiger partial charge in [0.2, 0.25) is 10.0 Å². The molecule has 0 saturated carbocycles. The van der Waals surface area contributed by atoms with Crippen LogP contribution in [0.15, 0.2) is 29.2 Å². The quantitative estimate of drug-likeness (QED) is 0.711. The molecule has 1 rings (SSSR count). The fraction of sp³-hybridized carbons (Fsp3) is 0.500. The zero-order valence-corrected chi connectivity index (χ0v) is 15.2. The highest BCUT2D eigenvalue weighted by molar-refractivity contribution is 7.89. The highest BCUT2D eigenvalue weighted by Crippen LogP contribution is 2.15. The van der Waals surface area contributed by atoms with Crippen LogP contribution in [-0.2, 0) is 19.6 Å². The monoisotopic (exact) mass is 356 g/mol. The second-order valence-electron chi connectivity index (χ2n) is 5.65. The Morgan fingerprint density at radius 3 is 2.54 bits per heavy atom. The Morgan fingerprint density at radius 2 is 1.96 bits per heavy atom. The summed E-state index contributed by atoms with van der Waals surface area (Å²) in [5.41, 5.74) is 0.0762. The summed E-state index contributed by atoms with van der Waals surface area (Å²) in [5.74, 6) is -1.13. The van der Waals surface area contributed by atoms with E-state index in [-0.39, 0.29) is 22.4 Å². The number of carbonyl (C=O) groups is 2. The highest BCUT2D eigenvalue weighted by Gasteiger charge is 2.19. The van der Waals surface area contributed by atoms with Crippen LogP contribution in [0.3, 0.4) is 0 Å². The van der Waals surface area contributed by atoms with Gasteiger partial charge in [0.1, 0.15) is 0 Å². The van der Waals surface area contributed by atoms with Gasteiger partial charge in [-0.25, -0.2) is 17.5 Å². The maximum absolute atomic E-state index is 12.1. The number of benzene rings is 1. The lowest BCUT2D eigenvalue weighted by molar-refractivity contribution is -0.124. The Kier molecular flexibility index (Phi) is 7.37. The summed E-state index contributed by atoms with van der Waals surface area (Å²) in [7, 11) is -0.830. The third-order valence-electron chi connectivity index (χ3n) is 3.31. The fourth-order valence-electron chi connectivity index (χ4n) is 2.03. The molecule has 0 spiro atoms. The molecule has 24 heavy (non-hydrogen) atoms. The molecule has 1 aromatic rings. The first-order chi connectivity index (χ1) is 11.2. The van der Waals surface area contributed by atoms with Crippen LogP contribution in [0.1, 0.15) is 37.0 Å². The van der Waals surface area contributed by atoms with E-state index in [9.17, 15) is 18.0 Å². The molecule has 0 bridgehead atoms. The van der Waals surface area contributed by atoms with Crippen molar-refractivity contribution >= 4 is 21.9 Å². The lowest BCUT2D eigenvalue weighted by atomic mass is 10.2. The molecule has 0 saturated heterocycles. The second-order valence-corrected chi connectivity index (χ2v) is 7.80. The Balaban J connectivity index is 2.71. The van der Waals surface area contributed by atoms with Crippen molar-refractivity contribution in [3.8, 4) is 0 Å². The van der Waals surface area contributed by atoms with Gasteiger partial charge in [0.05, 0.1) is 10.5 Å². The Labute approximate surface area is 143 Å². The van der Waals surface area contributed by atoms with Crippen molar-refractivity contribution in [1.82, 2.24) is 9.62 Å². The number of nitrogens with one attached hydrogen (secondary N) is 1. The smallest absolute Gasteiger partial charge is 0.338 e. The van der Waals surface area contributed by atoms with Crippen molar-refractivity contribution < 1.29 is 22.7 Å². The van der Waals surface area contributed by atoms with Gasteiger partial charge in [0, 0.05) is 20.1 Å². The second kappa shape index (κ2) is 8.79. The first-order valence-electron chi connectivity index (χ1n) is 7.67. The Hall–Kier alpha value is -1.93. The zero-order valence-electron chi connectivity index (χ0n) is 14.4. The molecule has 0 heterocycles. The molecule has 1 atom stereocenters. The molecule has 7 nitrogen and oxygen atoms in total. The van der Waals surface area contributed by atoms with Crippen molar-refractivity contribution in [2.75, 3.05) is 20.7 Å². The number of sulfonamides is 1. The maximum atomic E-state index is 12.1. The number of amides is 1. The number of ether oxygens (including phenoxy) is 1. The molecule has 0 aliphatic rings. The summed E-state index contributed by atoms with van der Waals surface area (Å²) in [6, 6.07) is 5.53. The summed E-state index contributed by atoms with van der Waals surface area (Å²) in [6.07, 6.45) is 1.78. The SMILES string of the molecule is CCC[C@@H](C)NC(=O)COC(=O)c1cccc(S(=O)(=O)N(C)C)c1. The number of esters is 1. The van der Waals surface area contributed by atoms with Gasteiger partial charge in [0.15, 0.2) is 6.61 Å². The predicted molar refractivity (Wildman–Crippen MR) is 90.1 cm³/mol. The van der Waals surface area contributed by atoms with Crippen LogP contribution in [-0.4, -0.2) is 51.3 Å². The standard InChI is InChI=1S/C16H24N2O5S/c1-5-7-12(2)17-15(19)11-23-16(20)13-8-6-9-14(10-13)24(21,22)18(3)4/h6,8-10,12H,5,7,11H2,1-4H3,(H,17,19)/t12-/m1/s1. The molecular formula is C16H24N2O5S. The van der Waals surface area contributed by atoms with E-state index in [0.717, 1.165) is 17.1 Å². The van der Waals surface area contributed by atoms with Crippen molar-refractivity contribution in [2.45, 2.75) is 37.6 Å². The first kappa shape index (κ1) is 20.1. The average Bonchev–Trinajstić information content (AvgIpc) is 2.52. The van der Waals surface area contributed by atoms with Gasteiger partial charge in [-0.15, -0.1) is 0 Å².